The van der Waals surface area contributed by atoms with Crippen LogP contribution in [0.5, 0.6) is 5.75 Å². The molecule has 0 radical (unpaired) electrons. The SMILES string of the molecule is CN(C)C(CNCc1cccc(OCCCC#N)c1)c1ccccc1. The van der Waals surface area contributed by atoms with Gasteiger partial charge in [0, 0.05) is 25.6 Å². The Morgan fingerprint density at radius 3 is 2.64 bits per heavy atom. The van der Waals surface area contributed by atoms with Crippen molar-refractivity contribution in [3.8, 4) is 11.8 Å². The molecule has 1 unspecified atom stereocenters. The van der Waals surface area contributed by atoms with Gasteiger partial charge in [-0.05, 0) is 43.8 Å². The highest BCUT2D eigenvalue weighted by Gasteiger charge is 2.13. The smallest absolute Gasteiger partial charge is 0.119 e. The third-order valence-electron chi connectivity index (χ3n) is 4.07. The Morgan fingerprint density at radius 1 is 1.12 bits per heavy atom. The van der Waals surface area contributed by atoms with Gasteiger partial charge in [-0.1, -0.05) is 42.5 Å². The Bertz CT molecular complexity index is 664. The van der Waals surface area contributed by atoms with Crippen molar-refractivity contribution in [3.05, 3.63) is 65.7 Å². The lowest BCUT2D eigenvalue weighted by Gasteiger charge is -2.25. The molecule has 1 N–H and O–H groups in total. The average molecular weight is 337 g/mol. The Labute approximate surface area is 151 Å². The molecule has 25 heavy (non-hydrogen) atoms. The van der Waals surface area contributed by atoms with Crippen molar-refractivity contribution in [3.63, 3.8) is 0 Å². The van der Waals surface area contributed by atoms with Crippen LogP contribution in [0.25, 0.3) is 0 Å². The highest BCUT2D eigenvalue weighted by Crippen LogP contribution is 2.18. The van der Waals surface area contributed by atoms with Crippen molar-refractivity contribution in [2.75, 3.05) is 27.2 Å². The number of hydrogen-bond acceptors (Lipinski definition) is 4. The molecule has 0 spiro atoms. The molecule has 0 aliphatic heterocycles. The van der Waals surface area contributed by atoms with Crippen molar-refractivity contribution in [1.29, 1.82) is 5.26 Å². The summed E-state index contributed by atoms with van der Waals surface area (Å²) in [5, 5.41) is 12.1. The molecule has 0 aliphatic rings. The number of nitriles is 1. The van der Waals surface area contributed by atoms with Gasteiger partial charge >= 0.3 is 0 Å². The molecule has 0 fully saturated rings. The van der Waals surface area contributed by atoms with Crippen molar-refractivity contribution in [2.45, 2.75) is 25.4 Å². The van der Waals surface area contributed by atoms with Crippen LogP contribution in [0.4, 0.5) is 0 Å². The van der Waals surface area contributed by atoms with Crippen LogP contribution in [-0.4, -0.2) is 32.1 Å². The molecule has 1 atom stereocenters. The van der Waals surface area contributed by atoms with E-state index in [1.165, 1.54) is 11.1 Å². The number of likely N-dealkylation sites (N-methyl/N-ethyl adjacent to an activating group) is 1. The Balaban J connectivity index is 1.85. The summed E-state index contributed by atoms with van der Waals surface area (Å²) in [7, 11) is 4.21. The summed E-state index contributed by atoms with van der Waals surface area (Å²) in [4.78, 5) is 2.23. The summed E-state index contributed by atoms with van der Waals surface area (Å²) >= 11 is 0. The van der Waals surface area contributed by atoms with Gasteiger partial charge in [-0.3, -0.25) is 0 Å². The van der Waals surface area contributed by atoms with Crippen molar-refractivity contribution < 1.29 is 4.74 Å². The van der Waals surface area contributed by atoms with Gasteiger partial charge in [-0.2, -0.15) is 5.26 Å². The molecule has 2 aromatic carbocycles. The van der Waals surface area contributed by atoms with Gasteiger partial charge < -0.3 is 15.0 Å². The minimum absolute atomic E-state index is 0.339. The maximum atomic E-state index is 8.55. The largest absolute Gasteiger partial charge is 0.494 e. The van der Waals surface area contributed by atoms with Crippen molar-refractivity contribution in [1.82, 2.24) is 10.2 Å². The van der Waals surface area contributed by atoms with Gasteiger partial charge in [-0.15, -0.1) is 0 Å². The molecule has 0 bridgehead atoms. The lowest BCUT2D eigenvalue weighted by Crippen LogP contribution is -2.30. The molecule has 0 saturated heterocycles. The van der Waals surface area contributed by atoms with E-state index in [1.54, 1.807) is 0 Å². The summed E-state index contributed by atoms with van der Waals surface area (Å²) < 4.78 is 5.70. The molecule has 0 saturated carbocycles. The summed E-state index contributed by atoms with van der Waals surface area (Å²) in [6.45, 7) is 2.26. The van der Waals surface area contributed by atoms with E-state index in [2.05, 4.69) is 66.8 Å². The van der Waals surface area contributed by atoms with Crippen LogP contribution >= 0.6 is 0 Å². The molecule has 0 amide bonds. The van der Waals surface area contributed by atoms with Gasteiger partial charge in [0.25, 0.3) is 0 Å². The van der Waals surface area contributed by atoms with E-state index in [9.17, 15) is 0 Å². The third kappa shape index (κ3) is 6.58. The third-order valence-corrected chi connectivity index (χ3v) is 4.07. The zero-order valence-electron chi connectivity index (χ0n) is 15.1. The van der Waals surface area contributed by atoms with Crippen molar-refractivity contribution in [2.24, 2.45) is 0 Å². The first-order valence-electron chi connectivity index (χ1n) is 8.71. The number of ether oxygens (including phenoxy) is 1. The van der Waals surface area contributed by atoms with Crippen molar-refractivity contribution >= 4 is 0 Å². The first-order valence-corrected chi connectivity index (χ1v) is 8.71. The van der Waals surface area contributed by atoms with Crippen LogP contribution in [0.1, 0.15) is 30.0 Å². The molecule has 4 heteroatoms. The predicted octanol–water partition coefficient (Wildman–Crippen LogP) is 3.76. The van der Waals surface area contributed by atoms with E-state index in [4.69, 9.17) is 10.00 Å². The first kappa shape index (κ1) is 19.0. The number of rotatable bonds is 10. The zero-order valence-corrected chi connectivity index (χ0v) is 15.1. The number of benzene rings is 2. The average Bonchev–Trinajstić information content (AvgIpc) is 2.63. The second kappa shape index (κ2) is 10.5. The fraction of sp³-hybridized carbons (Fsp3) is 0.381. The van der Waals surface area contributed by atoms with Crippen LogP contribution in [0.2, 0.25) is 0 Å². The Morgan fingerprint density at radius 2 is 1.92 bits per heavy atom. The van der Waals surface area contributed by atoms with Crippen LogP contribution in [0.3, 0.4) is 0 Å². The van der Waals surface area contributed by atoms with E-state index in [0.29, 0.717) is 19.1 Å². The molecule has 4 nitrogen and oxygen atoms in total. The molecule has 2 aromatic rings. The second-order valence-corrected chi connectivity index (χ2v) is 6.28. The van der Waals surface area contributed by atoms with E-state index in [-0.39, 0.29) is 0 Å². The monoisotopic (exact) mass is 337 g/mol. The van der Waals surface area contributed by atoms with Crippen LogP contribution in [0, 0.1) is 11.3 Å². The molecule has 132 valence electrons. The fourth-order valence-electron chi connectivity index (χ4n) is 2.71. The van der Waals surface area contributed by atoms with Gasteiger partial charge in [0.15, 0.2) is 0 Å². The molecule has 0 aliphatic carbocycles. The molecule has 0 aromatic heterocycles. The molecular formula is C21H27N3O. The Kier molecular flexibility index (Phi) is 7.97. The van der Waals surface area contributed by atoms with Crippen LogP contribution in [-0.2, 0) is 6.54 Å². The van der Waals surface area contributed by atoms with Gasteiger partial charge in [0.1, 0.15) is 5.75 Å². The highest BCUT2D eigenvalue weighted by atomic mass is 16.5. The van der Waals surface area contributed by atoms with E-state index in [1.807, 2.05) is 18.2 Å². The molecule has 2 rings (SSSR count). The lowest BCUT2D eigenvalue weighted by molar-refractivity contribution is 0.288. The topological polar surface area (TPSA) is 48.3 Å². The number of nitrogens with zero attached hydrogens (tertiary/aromatic N) is 2. The summed E-state index contributed by atoms with van der Waals surface area (Å²) in [6, 6.07) is 21.2. The normalized spacial score (nSPS) is 11.9. The van der Waals surface area contributed by atoms with Crippen LogP contribution < -0.4 is 10.1 Å². The van der Waals surface area contributed by atoms with E-state index >= 15 is 0 Å². The lowest BCUT2D eigenvalue weighted by atomic mass is 10.1. The van der Waals surface area contributed by atoms with Gasteiger partial charge in [0.05, 0.1) is 12.7 Å². The second-order valence-electron chi connectivity index (χ2n) is 6.28. The number of hydrogen-bond donors (Lipinski definition) is 1. The highest BCUT2D eigenvalue weighted by molar-refractivity contribution is 5.28. The Hall–Kier alpha value is -2.35. The summed E-state index contributed by atoms with van der Waals surface area (Å²) in [5.74, 6) is 0.865. The number of nitrogens with one attached hydrogen (secondary N) is 1. The maximum absolute atomic E-state index is 8.55. The summed E-state index contributed by atoms with van der Waals surface area (Å²) in [6.07, 6.45) is 1.30. The molecule has 0 heterocycles. The van der Waals surface area contributed by atoms with E-state index in [0.717, 1.165) is 25.3 Å². The minimum Gasteiger partial charge on any atom is -0.494 e. The molecular weight excluding hydrogens is 310 g/mol. The fourth-order valence-corrected chi connectivity index (χ4v) is 2.71. The quantitative estimate of drug-likeness (QED) is 0.671. The zero-order chi connectivity index (χ0) is 17.9. The maximum Gasteiger partial charge on any atom is 0.119 e. The minimum atomic E-state index is 0.339. The van der Waals surface area contributed by atoms with Crippen LogP contribution in [0.15, 0.2) is 54.6 Å². The van der Waals surface area contributed by atoms with E-state index < -0.39 is 0 Å². The number of unbranched alkanes of at least 4 members (excludes halogenated alkanes) is 1. The first-order chi connectivity index (χ1) is 12.2. The summed E-state index contributed by atoms with van der Waals surface area (Å²) in [5.41, 5.74) is 2.51. The predicted molar refractivity (Wildman–Crippen MR) is 101 cm³/mol. The van der Waals surface area contributed by atoms with Gasteiger partial charge in [-0.25, -0.2) is 0 Å². The standard InChI is InChI=1S/C21H27N3O/c1-24(2)21(19-10-4-3-5-11-19)17-23-16-18-9-8-12-20(15-18)25-14-7-6-13-22/h3-5,8-12,15,21,23H,6-7,14,16-17H2,1-2H3. The van der Waals surface area contributed by atoms with Gasteiger partial charge in [0.2, 0.25) is 0 Å².